The minimum Gasteiger partial charge on any atom is -0.371 e. The molecule has 0 saturated heterocycles. The van der Waals surface area contributed by atoms with Crippen molar-refractivity contribution in [3.63, 3.8) is 0 Å². The Bertz CT molecular complexity index is 300. The molecule has 0 radical (unpaired) electrons. The largest absolute Gasteiger partial charge is 0.371 e. The first-order valence-corrected chi connectivity index (χ1v) is 4.94. The molecule has 1 aromatic carbocycles. The molecule has 0 aliphatic heterocycles. The normalized spacial score (nSPS) is 17.8. The molecule has 4 N–H and O–H groups in total. The van der Waals surface area contributed by atoms with Gasteiger partial charge in [0.25, 0.3) is 0 Å². The highest BCUT2D eigenvalue weighted by Crippen LogP contribution is 2.14. The molecule has 0 heterocycles. The molecular weight excluding hydrogens is 190 g/mol. The first-order chi connectivity index (χ1) is 6.02. The highest BCUT2D eigenvalue weighted by molar-refractivity contribution is 7.79. The van der Waals surface area contributed by atoms with E-state index in [1.807, 2.05) is 0 Å². The lowest BCUT2D eigenvalue weighted by atomic mass is 10.1. The molecule has 0 spiro atoms. The Morgan fingerprint density at radius 1 is 1.38 bits per heavy atom. The van der Waals surface area contributed by atoms with Gasteiger partial charge in [0.05, 0.1) is 5.75 Å². The van der Waals surface area contributed by atoms with Crippen LogP contribution in [0.5, 0.6) is 0 Å². The first kappa shape index (κ1) is 10.3. The van der Waals surface area contributed by atoms with E-state index in [1.54, 1.807) is 30.3 Å². The fourth-order valence-electron chi connectivity index (χ4n) is 0.998. The number of hydrogen-bond acceptors (Lipinski definition) is 3. The van der Waals surface area contributed by atoms with Crippen molar-refractivity contribution >= 4 is 11.1 Å². The molecule has 1 aromatic rings. The molecule has 4 nitrogen and oxygen atoms in total. The van der Waals surface area contributed by atoms with Crippen LogP contribution in [0.15, 0.2) is 30.3 Å². The number of nitrogens with two attached hydrogens (primary N) is 1. The van der Waals surface area contributed by atoms with Gasteiger partial charge in [-0.05, 0) is 5.56 Å². The molecule has 0 fully saturated rings. The van der Waals surface area contributed by atoms with E-state index in [0.717, 1.165) is 0 Å². The van der Waals surface area contributed by atoms with Gasteiger partial charge in [-0.2, -0.15) is 0 Å². The predicted octanol–water partition coefficient (Wildman–Crippen LogP) is 0.0121. The van der Waals surface area contributed by atoms with Crippen molar-refractivity contribution in [2.75, 3.05) is 5.75 Å². The Morgan fingerprint density at radius 2 is 1.92 bits per heavy atom. The van der Waals surface area contributed by atoms with Crippen molar-refractivity contribution < 1.29 is 13.9 Å². The zero-order valence-corrected chi connectivity index (χ0v) is 7.70. The lowest BCUT2D eigenvalue weighted by Crippen LogP contribution is -2.41. The zero-order chi connectivity index (χ0) is 9.90. The summed E-state index contributed by atoms with van der Waals surface area (Å²) in [7, 11) is 0. The highest BCUT2D eigenvalue weighted by atomic mass is 32.2. The van der Waals surface area contributed by atoms with Gasteiger partial charge in [0.2, 0.25) is 0 Å². The smallest absolute Gasteiger partial charge is 0.157 e. The summed E-state index contributed by atoms with van der Waals surface area (Å²) >= 11 is -2.11. The predicted molar refractivity (Wildman–Crippen MR) is 50.2 cm³/mol. The van der Waals surface area contributed by atoms with E-state index in [0.29, 0.717) is 5.56 Å². The van der Waals surface area contributed by atoms with Crippen molar-refractivity contribution in [1.29, 1.82) is 0 Å². The third-order valence-electron chi connectivity index (χ3n) is 1.62. The third-order valence-corrected chi connectivity index (χ3v) is 2.30. The van der Waals surface area contributed by atoms with E-state index in [2.05, 4.69) is 0 Å². The summed E-state index contributed by atoms with van der Waals surface area (Å²) in [5.41, 5.74) is 4.13. The van der Waals surface area contributed by atoms with Gasteiger partial charge in [0.1, 0.15) is 0 Å². The summed E-state index contributed by atoms with van der Waals surface area (Å²) in [6.07, 6.45) is 0. The van der Waals surface area contributed by atoms with Crippen LogP contribution in [0, 0.1) is 0 Å². The molecular formula is C8H11NO3S. The maximum atomic E-state index is 10.5. The molecule has 13 heavy (non-hydrogen) atoms. The maximum absolute atomic E-state index is 10.5. The van der Waals surface area contributed by atoms with E-state index < -0.39 is 22.6 Å². The van der Waals surface area contributed by atoms with Gasteiger partial charge >= 0.3 is 0 Å². The summed E-state index contributed by atoms with van der Waals surface area (Å²) in [4.78, 5) is 0. The van der Waals surface area contributed by atoms with Crippen LogP contribution in [-0.2, 0) is 16.8 Å². The summed E-state index contributed by atoms with van der Waals surface area (Å²) in [6.45, 7) is 0. The number of aliphatic hydroxyl groups is 1. The summed E-state index contributed by atoms with van der Waals surface area (Å²) in [6, 6.07) is 8.39. The van der Waals surface area contributed by atoms with Crippen LogP contribution in [-0.4, -0.2) is 19.6 Å². The van der Waals surface area contributed by atoms with Gasteiger partial charge in [-0.15, -0.1) is 0 Å². The monoisotopic (exact) mass is 201 g/mol. The molecule has 1 rings (SSSR count). The fourth-order valence-corrected chi connectivity index (χ4v) is 1.54. The van der Waals surface area contributed by atoms with Crippen LogP contribution in [0.4, 0.5) is 0 Å². The minimum atomic E-state index is -2.11. The minimum absolute atomic E-state index is 0.392. The van der Waals surface area contributed by atoms with Gasteiger partial charge in [-0.1, -0.05) is 30.3 Å². The van der Waals surface area contributed by atoms with E-state index in [9.17, 15) is 9.32 Å². The Morgan fingerprint density at radius 3 is 2.38 bits per heavy atom. The molecule has 72 valence electrons. The molecule has 0 bridgehead atoms. The second-order valence-electron chi connectivity index (χ2n) is 2.76. The average Bonchev–Trinajstić information content (AvgIpc) is 2.04. The molecule has 0 amide bonds. The molecule has 2 atom stereocenters. The average molecular weight is 201 g/mol. The first-order valence-electron chi connectivity index (χ1n) is 3.66. The molecule has 5 heteroatoms. The molecule has 0 aliphatic carbocycles. The standard InChI is InChI=1S/C8H11NO3S/c9-8(10,6-13(11)12)7-4-2-1-3-5-7/h1-5,10H,6,9H2,(H,11,12). The van der Waals surface area contributed by atoms with Crippen molar-refractivity contribution in [3.05, 3.63) is 35.9 Å². The van der Waals surface area contributed by atoms with Crippen LogP contribution in [0.3, 0.4) is 0 Å². The van der Waals surface area contributed by atoms with Crippen molar-refractivity contribution in [1.82, 2.24) is 0 Å². The lowest BCUT2D eigenvalue weighted by molar-refractivity contribution is 0.0679. The van der Waals surface area contributed by atoms with Crippen LogP contribution >= 0.6 is 0 Å². The lowest BCUT2D eigenvalue weighted by Gasteiger charge is -2.21. The van der Waals surface area contributed by atoms with E-state index >= 15 is 0 Å². The van der Waals surface area contributed by atoms with Gasteiger partial charge in [-0.3, -0.25) is 5.73 Å². The Balaban J connectivity index is 2.87. The summed E-state index contributed by atoms with van der Waals surface area (Å²) in [5.74, 6) is -0.392. The molecule has 2 unspecified atom stereocenters. The van der Waals surface area contributed by atoms with Crippen LogP contribution < -0.4 is 5.73 Å². The van der Waals surface area contributed by atoms with Crippen molar-refractivity contribution in [2.24, 2.45) is 5.73 Å². The second-order valence-corrected chi connectivity index (χ2v) is 3.69. The van der Waals surface area contributed by atoms with Gasteiger partial charge < -0.3 is 9.66 Å². The third kappa shape index (κ3) is 2.89. The van der Waals surface area contributed by atoms with E-state index in [-0.39, 0.29) is 0 Å². The van der Waals surface area contributed by atoms with E-state index in [4.69, 9.17) is 10.3 Å². The van der Waals surface area contributed by atoms with E-state index in [1.165, 1.54) is 0 Å². The van der Waals surface area contributed by atoms with Crippen LogP contribution in [0.25, 0.3) is 0 Å². The van der Waals surface area contributed by atoms with Gasteiger partial charge in [0, 0.05) is 0 Å². The topological polar surface area (TPSA) is 83.5 Å². The quantitative estimate of drug-likeness (QED) is 0.475. The fraction of sp³-hybridized carbons (Fsp3) is 0.250. The summed E-state index contributed by atoms with van der Waals surface area (Å²) < 4.78 is 19.0. The number of benzene rings is 1. The Hall–Kier alpha value is -0.750. The number of hydrogen-bond donors (Lipinski definition) is 3. The van der Waals surface area contributed by atoms with Crippen LogP contribution in [0.1, 0.15) is 5.56 Å². The second kappa shape index (κ2) is 3.97. The number of rotatable bonds is 3. The van der Waals surface area contributed by atoms with Crippen LogP contribution in [0.2, 0.25) is 0 Å². The highest BCUT2D eigenvalue weighted by Gasteiger charge is 2.25. The van der Waals surface area contributed by atoms with Crippen molar-refractivity contribution in [3.8, 4) is 0 Å². The Kier molecular flexibility index (Phi) is 3.16. The molecule has 0 saturated carbocycles. The van der Waals surface area contributed by atoms with Gasteiger partial charge in [-0.25, -0.2) is 4.21 Å². The summed E-state index contributed by atoms with van der Waals surface area (Å²) in [5, 5.41) is 9.58. The zero-order valence-electron chi connectivity index (χ0n) is 6.88. The maximum Gasteiger partial charge on any atom is 0.157 e. The Labute approximate surface area is 78.7 Å². The van der Waals surface area contributed by atoms with Crippen molar-refractivity contribution in [2.45, 2.75) is 5.72 Å². The van der Waals surface area contributed by atoms with Gasteiger partial charge in [0.15, 0.2) is 16.8 Å². The molecule has 0 aliphatic rings. The SMILES string of the molecule is NC(O)(CS(=O)O)c1ccccc1. The molecule has 0 aromatic heterocycles.